The first-order valence-corrected chi connectivity index (χ1v) is 35.2. The van der Waals surface area contributed by atoms with E-state index in [4.69, 9.17) is 14.2 Å². The van der Waals surface area contributed by atoms with Crippen molar-refractivity contribution in [3.8, 4) is 0 Å². The van der Waals surface area contributed by atoms with E-state index >= 15 is 0 Å². The highest BCUT2D eigenvalue weighted by Crippen LogP contribution is 2.23. The van der Waals surface area contributed by atoms with Gasteiger partial charge in [-0.05, 0) is 110 Å². The van der Waals surface area contributed by atoms with Crippen LogP contribution in [0.1, 0.15) is 316 Å². The molecule has 1 heterocycles. The van der Waals surface area contributed by atoms with Crippen molar-refractivity contribution >= 4 is 11.9 Å². The molecule has 0 spiro atoms. The van der Waals surface area contributed by atoms with E-state index in [1.165, 1.54) is 218 Å². The Morgan fingerprint density at radius 2 is 0.857 bits per heavy atom. The molecule has 1 rings (SSSR count). The highest BCUT2D eigenvalue weighted by atomic mass is 16.7. The maximum Gasteiger partial charge on any atom is 0.305 e. The zero-order chi connectivity index (χ0) is 60.9. The van der Waals surface area contributed by atoms with Crippen LogP contribution >= 0.6 is 0 Å². The van der Waals surface area contributed by atoms with Crippen LogP contribution in [-0.2, 0) is 23.8 Å². The van der Waals surface area contributed by atoms with Gasteiger partial charge >= 0.3 is 5.97 Å². The predicted octanol–water partition coefficient (Wildman–Crippen LogP) is 17.9. The molecule has 0 radical (unpaired) electrons. The number of esters is 1. The maximum atomic E-state index is 13.0. The molecule has 0 saturated carbocycles. The Morgan fingerprint density at radius 1 is 0.464 bits per heavy atom. The Balaban J connectivity index is 1.91. The Hall–Kier alpha value is -2.90. The second-order valence-electron chi connectivity index (χ2n) is 24.2. The zero-order valence-electron chi connectivity index (χ0n) is 54.1. The average molecular weight is 1180 g/mol. The van der Waals surface area contributed by atoms with E-state index < -0.39 is 49.5 Å². The van der Waals surface area contributed by atoms with E-state index in [0.717, 1.165) is 70.6 Å². The van der Waals surface area contributed by atoms with Crippen molar-refractivity contribution in [1.29, 1.82) is 0 Å². The SMILES string of the molecule is C/C=C/CC/C=C/CC/C=C/C(O)C(COC1OC(CO)C(O)C(O)C1O)NC(=O)CCCCCCCCCCCCCCCC/C=C\CCCCCCCCCCCCCCOC(=O)CCCCCCCCC/C=C\C/C=C\CCCCC. The van der Waals surface area contributed by atoms with E-state index in [9.17, 15) is 35.1 Å². The average Bonchev–Trinajstić information content (AvgIpc) is 3.60. The molecule has 7 atom stereocenters. The number of aliphatic hydroxyl groups is 5. The number of unbranched alkanes of at least 4 members (excludes halogenated alkanes) is 38. The molecule has 7 unspecified atom stereocenters. The number of hydrogen-bond acceptors (Lipinski definition) is 10. The van der Waals surface area contributed by atoms with E-state index in [2.05, 4.69) is 66.9 Å². The fourth-order valence-corrected chi connectivity index (χ4v) is 10.8. The van der Waals surface area contributed by atoms with Crippen LogP contribution in [0.2, 0.25) is 0 Å². The summed E-state index contributed by atoms with van der Waals surface area (Å²) in [6.45, 7) is 4.08. The van der Waals surface area contributed by atoms with Gasteiger partial charge in [0.15, 0.2) is 6.29 Å². The number of amides is 1. The molecule has 1 aliphatic heterocycles. The van der Waals surface area contributed by atoms with Crippen molar-refractivity contribution in [3.05, 3.63) is 72.9 Å². The second-order valence-corrected chi connectivity index (χ2v) is 24.2. The molecule has 1 aliphatic rings. The van der Waals surface area contributed by atoms with E-state index in [1.54, 1.807) is 6.08 Å². The van der Waals surface area contributed by atoms with Crippen LogP contribution < -0.4 is 5.32 Å². The van der Waals surface area contributed by atoms with Crippen LogP contribution in [0.3, 0.4) is 0 Å². The van der Waals surface area contributed by atoms with E-state index in [-0.39, 0.29) is 18.5 Å². The van der Waals surface area contributed by atoms with Gasteiger partial charge in [-0.15, -0.1) is 0 Å². The molecule has 0 aromatic rings. The third kappa shape index (κ3) is 50.1. The number of carbonyl (C=O) groups is 2. The molecule has 0 aromatic carbocycles. The minimum absolute atomic E-state index is 0.0000564. The van der Waals surface area contributed by atoms with Crippen molar-refractivity contribution in [3.63, 3.8) is 0 Å². The summed E-state index contributed by atoms with van der Waals surface area (Å²) in [5, 5.41) is 54.2. The molecule has 0 aliphatic carbocycles. The molecule has 11 nitrogen and oxygen atoms in total. The topological polar surface area (TPSA) is 175 Å². The Bertz CT molecular complexity index is 1630. The minimum atomic E-state index is -1.58. The number of carbonyl (C=O) groups excluding carboxylic acids is 2. The molecule has 0 aromatic heterocycles. The smallest absolute Gasteiger partial charge is 0.305 e. The minimum Gasteiger partial charge on any atom is -0.466 e. The molecular formula is C73H131NO10. The molecule has 11 heteroatoms. The van der Waals surface area contributed by atoms with Crippen LogP contribution in [0.5, 0.6) is 0 Å². The first-order valence-electron chi connectivity index (χ1n) is 35.2. The van der Waals surface area contributed by atoms with E-state index in [1.807, 2.05) is 19.1 Å². The largest absolute Gasteiger partial charge is 0.466 e. The Kier molecular flexibility index (Phi) is 58.1. The molecule has 6 N–H and O–H groups in total. The Labute approximate surface area is 515 Å². The lowest BCUT2D eigenvalue weighted by Crippen LogP contribution is -2.60. The van der Waals surface area contributed by atoms with Crippen molar-refractivity contribution < 1.29 is 49.3 Å². The summed E-state index contributed by atoms with van der Waals surface area (Å²) in [4.78, 5) is 25.1. The molecule has 1 fully saturated rings. The maximum absolute atomic E-state index is 13.0. The summed E-state index contributed by atoms with van der Waals surface area (Å²) in [6, 6.07) is -0.833. The fourth-order valence-electron chi connectivity index (χ4n) is 10.8. The van der Waals surface area contributed by atoms with Crippen LogP contribution in [0.4, 0.5) is 0 Å². The normalized spacial score (nSPS) is 18.5. The van der Waals surface area contributed by atoms with Gasteiger partial charge in [-0.25, -0.2) is 0 Å². The fraction of sp³-hybridized carbons (Fsp3) is 0.808. The Morgan fingerprint density at radius 3 is 1.32 bits per heavy atom. The highest BCUT2D eigenvalue weighted by molar-refractivity contribution is 5.76. The number of ether oxygens (including phenoxy) is 3. The quantitative estimate of drug-likeness (QED) is 0.0195. The number of allylic oxidation sites excluding steroid dienone is 11. The number of aliphatic hydroxyl groups excluding tert-OH is 5. The summed E-state index contributed by atoms with van der Waals surface area (Å²) in [5.74, 6) is -0.198. The monoisotopic (exact) mass is 1180 g/mol. The van der Waals surface area contributed by atoms with Gasteiger partial charge < -0.3 is 45.1 Å². The lowest BCUT2D eigenvalue weighted by Gasteiger charge is -2.40. The van der Waals surface area contributed by atoms with Crippen LogP contribution in [0.15, 0.2) is 72.9 Å². The van der Waals surface area contributed by atoms with Crippen molar-refractivity contribution in [1.82, 2.24) is 5.32 Å². The van der Waals surface area contributed by atoms with Gasteiger partial charge in [-0.2, -0.15) is 0 Å². The first-order chi connectivity index (χ1) is 41.2. The standard InChI is InChI=1S/C73H131NO10/c1-3-5-7-9-11-13-14-15-16-31-35-38-41-45-49-53-57-61-69(78)82-62-58-54-50-46-42-39-36-33-30-28-26-24-22-20-18-17-19-21-23-25-27-29-32-34-37-40-44-48-52-56-60-68(77)74-65(66(76)59-55-51-47-43-12-10-8-6-4-2)64-83-73-72(81)71(80)70(79)67(63-75)84-73/h4,6,11-13,15-16,18,20,43,55,59,65-67,70-73,75-76,79-81H,3,5,7-10,14,17,19,21-42,44-54,56-58,60-64H2,1-2H3,(H,74,77)/b6-4+,13-11-,16-15-,20-18-,43-12+,59-55+. The third-order valence-electron chi connectivity index (χ3n) is 16.3. The van der Waals surface area contributed by atoms with Crippen molar-refractivity contribution in [2.45, 2.75) is 358 Å². The summed E-state index contributed by atoms with van der Waals surface area (Å²) < 4.78 is 16.7. The number of hydrogen-bond donors (Lipinski definition) is 6. The highest BCUT2D eigenvalue weighted by Gasteiger charge is 2.44. The van der Waals surface area contributed by atoms with Crippen molar-refractivity contribution in [2.24, 2.45) is 0 Å². The number of nitrogens with one attached hydrogen (secondary N) is 1. The summed E-state index contributed by atoms with van der Waals surface area (Å²) in [7, 11) is 0. The lowest BCUT2D eigenvalue weighted by atomic mass is 9.99. The first kappa shape index (κ1) is 79.1. The summed E-state index contributed by atoms with van der Waals surface area (Å²) in [6.07, 6.45) is 73.6. The molecule has 1 saturated heterocycles. The molecule has 84 heavy (non-hydrogen) atoms. The predicted molar refractivity (Wildman–Crippen MR) is 352 cm³/mol. The van der Waals surface area contributed by atoms with Gasteiger partial charge in [0.25, 0.3) is 0 Å². The molecule has 488 valence electrons. The third-order valence-corrected chi connectivity index (χ3v) is 16.3. The van der Waals surface area contributed by atoms with Crippen LogP contribution in [0.25, 0.3) is 0 Å². The van der Waals surface area contributed by atoms with Gasteiger partial charge in [0.2, 0.25) is 5.91 Å². The number of rotatable bonds is 61. The summed E-state index contributed by atoms with van der Waals surface area (Å²) in [5.41, 5.74) is 0. The van der Waals surface area contributed by atoms with Gasteiger partial charge in [0, 0.05) is 12.8 Å². The van der Waals surface area contributed by atoms with Gasteiger partial charge in [0.1, 0.15) is 24.4 Å². The van der Waals surface area contributed by atoms with Crippen LogP contribution in [0, 0.1) is 0 Å². The van der Waals surface area contributed by atoms with Gasteiger partial charge in [-0.1, -0.05) is 266 Å². The molecular weight excluding hydrogens is 1050 g/mol. The van der Waals surface area contributed by atoms with Gasteiger partial charge in [-0.3, -0.25) is 9.59 Å². The molecule has 1 amide bonds. The van der Waals surface area contributed by atoms with Crippen molar-refractivity contribution in [2.75, 3.05) is 19.8 Å². The van der Waals surface area contributed by atoms with E-state index in [0.29, 0.717) is 19.4 Å². The summed E-state index contributed by atoms with van der Waals surface area (Å²) >= 11 is 0. The second kappa shape index (κ2) is 61.7. The van der Waals surface area contributed by atoms with Crippen LogP contribution in [-0.4, -0.2) is 100 Å². The lowest BCUT2D eigenvalue weighted by molar-refractivity contribution is -0.302. The van der Waals surface area contributed by atoms with Gasteiger partial charge in [0.05, 0.1) is 32.0 Å². The zero-order valence-corrected chi connectivity index (χ0v) is 54.1. The molecule has 0 bridgehead atoms.